The molecule has 1 heterocycles. The highest BCUT2D eigenvalue weighted by Crippen LogP contribution is 2.38. The lowest BCUT2D eigenvalue weighted by Gasteiger charge is -2.07. The van der Waals surface area contributed by atoms with Gasteiger partial charge in [0.1, 0.15) is 11.6 Å². The van der Waals surface area contributed by atoms with Gasteiger partial charge in [-0.1, -0.05) is 12.1 Å². The van der Waals surface area contributed by atoms with Crippen molar-refractivity contribution in [3.8, 4) is 0 Å². The summed E-state index contributed by atoms with van der Waals surface area (Å²) in [6.07, 6.45) is 2.33. The zero-order chi connectivity index (χ0) is 11.8. The Hall–Kier alpha value is -1.75. The molecule has 1 aromatic heterocycles. The van der Waals surface area contributed by atoms with Crippen molar-refractivity contribution < 1.29 is 4.39 Å². The molecule has 1 atom stereocenters. The molecule has 1 aliphatic rings. The average Bonchev–Trinajstić information content (AvgIpc) is 3.07. The first-order valence-corrected chi connectivity index (χ1v) is 5.67. The van der Waals surface area contributed by atoms with E-state index in [4.69, 9.17) is 5.73 Å². The maximum absolute atomic E-state index is 12.8. The van der Waals surface area contributed by atoms with Crippen molar-refractivity contribution in [3.63, 3.8) is 0 Å². The number of rotatable bonds is 3. The van der Waals surface area contributed by atoms with Crippen molar-refractivity contribution in [1.82, 2.24) is 15.2 Å². The van der Waals surface area contributed by atoms with E-state index in [-0.39, 0.29) is 5.82 Å². The van der Waals surface area contributed by atoms with Crippen LogP contribution in [-0.2, 0) is 0 Å². The molecule has 2 aromatic rings. The second-order valence-electron chi connectivity index (χ2n) is 4.38. The van der Waals surface area contributed by atoms with Gasteiger partial charge in [-0.05, 0) is 30.5 Å². The van der Waals surface area contributed by atoms with Crippen molar-refractivity contribution in [1.29, 1.82) is 0 Å². The topological polar surface area (TPSA) is 67.6 Å². The Morgan fingerprint density at radius 3 is 2.65 bits per heavy atom. The van der Waals surface area contributed by atoms with Crippen LogP contribution in [0.5, 0.6) is 0 Å². The minimum atomic E-state index is -0.403. The summed E-state index contributed by atoms with van der Waals surface area (Å²) < 4.78 is 12.8. The number of nitrogens with one attached hydrogen (secondary N) is 1. The van der Waals surface area contributed by atoms with Crippen molar-refractivity contribution >= 4 is 0 Å². The van der Waals surface area contributed by atoms with Gasteiger partial charge in [-0.25, -0.2) is 9.37 Å². The number of halogens is 1. The van der Waals surface area contributed by atoms with E-state index in [9.17, 15) is 4.39 Å². The molecule has 0 amide bonds. The highest BCUT2D eigenvalue weighted by atomic mass is 19.1. The molecule has 1 fully saturated rings. The van der Waals surface area contributed by atoms with Crippen LogP contribution in [0, 0.1) is 5.82 Å². The third-order valence-corrected chi connectivity index (χ3v) is 2.99. The SMILES string of the molecule is NC(c1ccc(F)cc1)c1n[nH]c(C2CC2)n1. The molecule has 0 saturated heterocycles. The van der Waals surface area contributed by atoms with E-state index in [0.717, 1.165) is 11.4 Å². The van der Waals surface area contributed by atoms with Crippen LogP contribution in [-0.4, -0.2) is 15.2 Å². The molecular formula is C12H13FN4. The molecule has 5 heteroatoms. The quantitative estimate of drug-likeness (QED) is 0.848. The molecule has 0 radical (unpaired) electrons. The average molecular weight is 232 g/mol. The van der Waals surface area contributed by atoms with Crippen molar-refractivity contribution in [3.05, 3.63) is 47.3 Å². The fourth-order valence-corrected chi connectivity index (χ4v) is 1.79. The molecule has 88 valence electrons. The number of nitrogens with two attached hydrogens (primary N) is 1. The number of hydrogen-bond acceptors (Lipinski definition) is 3. The largest absolute Gasteiger partial charge is 0.318 e. The maximum Gasteiger partial charge on any atom is 0.171 e. The summed E-state index contributed by atoms with van der Waals surface area (Å²) in [5.41, 5.74) is 6.85. The fourth-order valence-electron chi connectivity index (χ4n) is 1.79. The Balaban J connectivity index is 1.84. The maximum atomic E-state index is 12.8. The summed E-state index contributed by atoms with van der Waals surface area (Å²) in [5, 5.41) is 7.04. The molecule has 17 heavy (non-hydrogen) atoms. The fraction of sp³-hybridized carbons (Fsp3) is 0.333. The van der Waals surface area contributed by atoms with Crippen molar-refractivity contribution in [2.24, 2.45) is 5.73 Å². The lowest BCUT2D eigenvalue weighted by atomic mass is 10.1. The van der Waals surface area contributed by atoms with E-state index >= 15 is 0 Å². The van der Waals surface area contributed by atoms with Gasteiger partial charge in [-0.3, -0.25) is 5.10 Å². The van der Waals surface area contributed by atoms with Crippen LogP contribution in [0.3, 0.4) is 0 Å². The molecular weight excluding hydrogens is 219 g/mol. The number of hydrogen-bond donors (Lipinski definition) is 2. The van der Waals surface area contributed by atoms with Crippen LogP contribution in [0.2, 0.25) is 0 Å². The molecule has 1 aromatic carbocycles. The lowest BCUT2D eigenvalue weighted by molar-refractivity contribution is 0.626. The standard InChI is InChI=1S/C12H13FN4/c13-9-5-3-7(4-6-9)10(14)12-15-11(16-17-12)8-1-2-8/h3-6,8,10H,1-2,14H2,(H,15,16,17). The van der Waals surface area contributed by atoms with Crippen LogP contribution in [0.1, 0.15) is 42.0 Å². The molecule has 3 N–H and O–H groups in total. The molecule has 1 unspecified atom stereocenters. The Morgan fingerprint density at radius 2 is 2.00 bits per heavy atom. The first kappa shape index (κ1) is 10.4. The van der Waals surface area contributed by atoms with Gasteiger partial charge in [0.2, 0.25) is 0 Å². The van der Waals surface area contributed by atoms with Gasteiger partial charge in [-0.15, -0.1) is 0 Å². The normalized spacial score (nSPS) is 17.1. The molecule has 1 aliphatic carbocycles. The summed E-state index contributed by atoms with van der Waals surface area (Å²) >= 11 is 0. The summed E-state index contributed by atoms with van der Waals surface area (Å²) in [4.78, 5) is 4.39. The predicted octanol–water partition coefficient (Wildman–Crippen LogP) is 1.87. The van der Waals surface area contributed by atoms with E-state index in [1.807, 2.05) is 0 Å². The minimum absolute atomic E-state index is 0.269. The summed E-state index contributed by atoms with van der Waals surface area (Å²) in [6, 6.07) is 5.70. The third kappa shape index (κ3) is 2.06. The van der Waals surface area contributed by atoms with Gasteiger partial charge in [0.25, 0.3) is 0 Å². The first-order chi connectivity index (χ1) is 8.24. The van der Waals surface area contributed by atoms with Crippen molar-refractivity contribution in [2.45, 2.75) is 24.8 Å². The Kier molecular flexibility index (Phi) is 2.40. The van der Waals surface area contributed by atoms with E-state index in [1.54, 1.807) is 12.1 Å². The van der Waals surface area contributed by atoms with E-state index in [1.165, 1.54) is 25.0 Å². The second-order valence-corrected chi connectivity index (χ2v) is 4.38. The lowest BCUT2D eigenvalue weighted by Crippen LogP contribution is -2.13. The van der Waals surface area contributed by atoms with Crippen LogP contribution < -0.4 is 5.73 Å². The number of nitrogens with zero attached hydrogens (tertiary/aromatic N) is 2. The summed E-state index contributed by atoms with van der Waals surface area (Å²) in [6.45, 7) is 0. The summed E-state index contributed by atoms with van der Waals surface area (Å²) in [7, 11) is 0. The van der Waals surface area contributed by atoms with Crippen LogP contribution in [0.15, 0.2) is 24.3 Å². The van der Waals surface area contributed by atoms with E-state index in [2.05, 4.69) is 15.2 Å². The molecule has 3 rings (SSSR count). The Bertz CT molecular complexity index is 516. The number of aromatic amines is 1. The van der Waals surface area contributed by atoms with Gasteiger partial charge in [0.05, 0.1) is 6.04 Å². The van der Waals surface area contributed by atoms with Gasteiger partial charge in [0.15, 0.2) is 5.82 Å². The Morgan fingerprint density at radius 1 is 1.29 bits per heavy atom. The number of H-pyrrole nitrogens is 1. The molecule has 0 aliphatic heterocycles. The molecule has 4 nitrogen and oxygen atoms in total. The van der Waals surface area contributed by atoms with Crippen LogP contribution in [0.25, 0.3) is 0 Å². The smallest absolute Gasteiger partial charge is 0.171 e. The predicted molar refractivity (Wildman–Crippen MR) is 60.8 cm³/mol. The Labute approximate surface area is 98.1 Å². The highest BCUT2D eigenvalue weighted by Gasteiger charge is 2.28. The first-order valence-electron chi connectivity index (χ1n) is 5.67. The molecule has 0 bridgehead atoms. The van der Waals surface area contributed by atoms with Crippen LogP contribution in [0.4, 0.5) is 4.39 Å². The summed E-state index contributed by atoms with van der Waals surface area (Å²) in [5.74, 6) is 1.74. The van der Waals surface area contributed by atoms with Gasteiger partial charge >= 0.3 is 0 Å². The monoisotopic (exact) mass is 232 g/mol. The van der Waals surface area contributed by atoms with Gasteiger partial charge in [0, 0.05) is 5.92 Å². The molecule has 0 spiro atoms. The highest BCUT2D eigenvalue weighted by molar-refractivity contribution is 5.25. The second kappa shape index (κ2) is 3.92. The minimum Gasteiger partial charge on any atom is -0.318 e. The number of benzene rings is 1. The number of aromatic nitrogens is 3. The molecule has 1 saturated carbocycles. The van der Waals surface area contributed by atoms with Gasteiger partial charge in [-0.2, -0.15) is 5.10 Å². The van der Waals surface area contributed by atoms with E-state index < -0.39 is 6.04 Å². The third-order valence-electron chi connectivity index (χ3n) is 2.99. The zero-order valence-electron chi connectivity index (χ0n) is 9.23. The van der Waals surface area contributed by atoms with Crippen molar-refractivity contribution in [2.75, 3.05) is 0 Å². The zero-order valence-corrected chi connectivity index (χ0v) is 9.23. The van der Waals surface area contributed by atoms with Crippen LogP contribution >= 0.6 is 0 Å². The van der Waals surface area contributed by atoms with E-state index in [0.29, 0.717) is 11.7 Å². The van der Waals surface area contributed by atoms with Gasteiger partial charge < -0.3 is 5.73 Å².